The van der Waals surface area contributed by atoms with Gasteiger partial charge >= 0.3 is 5.97 Å². The number of hydrogen-bond acceptors (Lipinski definition) is 6. The highest BCUT2D eigenvalue weighted by Crippen LogP contribution is 2.31. The number of nitrogens with zero attached hydrogens (tertiary/aromatic N) is 4. The molecule has 8 nitrogen and oxygen atoms in total. The highest BCUT2D eigenvalue weighted by molar-refractivity contribution is 6.01. The normalized spacial score (nSPS) is 14.0. The number of fused-ring (bicyclic) bond motifs is 1. The first-order valence-corrected chi connectivity index (χ1v) is 12.6. The number of halogens is 3. The zero-order chi connectivity index (χ0) is 27.7. The van der Waals surface area contributed by atoms with E-state index in [4.69, 9.17) is 4.74 Å². The van der Waals surface area contributed by atoms with Crippen LogP contribution in [0.25, 0.3) is 5.65 Å². The van der Waals surface area contributed by atoms with E-state index in [1.54, 1.807) is 30.0 Å². The molecule has 3 heterocycles. The fraction of sp³-hybridized carbons (Fsp3) is 0.286. The molecule has 0 spiro atoms. The lowest BCUT2D eigenvalue weighted by atomic mass is 9.89. The maximum absolute atomic E-state index is 14.7. The lowest BCUT2D eigenvalue weighted by Gasteiger charge is -2.32. The minimum absolute atomic E-state index is 0.0259. The predicted molar refractivity (Wildman–Crippen MR) is 138 cm³/mol. The second kappa shape index (κ2) is 10.8. The summed E-state index contributed by atoms with van der Waals surface area (Å²) in [7, 11) is 0. The number of rotatable bonds is 6. The summed E-state index contributed by atoms with van der Waals surface area (Å²) in [6.45, 7) is 4.38. The zero-order valence-corrected chi connectivity index (χ0v) is 21.4. The molecule has 0 bridgehead atoms. The number of aryl methyl sites for hydroxylation is 1. The number of carbonyl (C=O) groups is 2. The highest BCUT2D eigenvalue weighted by Gasteiger charge is 2.29. The maximum Gasteiger partial charge on any atom is 0.343 e. The first kappa shape index (κ1) is 26.2. The predicted octanol–water partition coefficient (Wildman–Crippen LogP) is 5.40. The molecule has 1 fully saturated rings. The first-order chi connectivity index (χ1) is 18.8. The number of aromatic nitrogens is 3. The lowest BCUT2D eigenvalue weighted by Crippen LogP contribution is -2.38. The van der Waals surface area contributed by atoms with Gasteiger partial charge in [0.1, 0.15) is 22.8 Å². The quantitative estimate of drug-likeness (QED) is 0.332. The molecule has 39 heavy (non-hydrogen) atoms. The van der Waals surface area contributed by atoms with Crippen LogP contribution in [-0.4, -0.2) is 51.1 Å². The third-order valence-corrected chi connectivity index (χ3v) is 6.82. The van der Waals surface area contributed by atoms with Crippen LogP contribution in [0.15, 0.2) is 48.8 Å². The van der Waals surface area contributed by atoms with Crippen molar-refractivity contribution in [3.05, 3.63) is 88.5 Å². The molecule has 1 aliphatic heterocycles. The van der Waals surface area contributed by atoms with Crippen molar-refractivity contribution >= 4 is 29.0 Å². The van der Waals surface area contributed by atoms with Crippen LogP contribution in [0, 0.1) is 24.4 Å². The molecular formula is C28H26F3N5O3. The Kier molecular flexibility index (Phi) is 7.23. The van der Waals surface area contributed by atoms with Gasteiger partial charge in [-0.15, -0.1) is 0 Å². The van der Waals surface area contributed by atoms with Crippen molar-refractivity contribution in [2.75, 3.05) is 25.0 Å². The van der Waals surface area contributed by atoms with Gasteiger partial charge in [0.25, 0.3) is 5.91 Å². The Morgan fingerprint density at radius 3 is 2.46 bits per heavy atom. The lowest BCUT2D eigenvalue weighted by molar-refractivity contribution is 0.0528. The molecule has 0 unspecified atom stereocenters. The number of amides is 1. The molecule has 11 heteroatoms. The minimum Gasteiger partial charge on any atom is -0.462 e. The average Bonchev–Trinajstić information content (AvgIpc) is 3.37. The van der Waals surface area contributed by atoms with Gasteiger partial charge in [-0.1, -0.05) is 12.1 Å². The second-order valence-electron chi connectivity index (χ2n) is 9.38. The van der Waals surface area contributed by atoms with Gasteiger partial charge < -0.3 is 15.0 Å². The Morgan fingerprint density at radius 2 is 1.74 bits per heavy atom. The van der Waals surface area contributed by atoms with Gasteiger partial charge in [-0.25, -0.2) is 22.9 Å². The fourth-order valence-electron chi connectivity index (χ4n) is 4.78. The van der Waals surface area contributed by atoms with Crippen molar-refractivity contribution < 1.29 is 27.5 Å². The van der Waals surface area contributed by atoms with E-state index in [1.807, 2.05) is 6.92 Å². The van der Waals surface area contributed by atoms with Gasteiger partial charge in [-0.05, 0) is 68.0 Å². The van der Waals surface area contributed by atoms with Crippen LogP contribution >= 0.6 is 0 Å². The van der Waals surface area contributed by atoms with E-state index >= 15 is 0 Å². The summed E-state index contributed by atoms with van der Waals surface area (Å²) in [4.78, 5) is 32.1. The summed E-state index contributed by atoms with van der Waals surface area (Å²) < 4.78 is 48.2. The number of likely N-dealkylation sites (tertiary alicyclic amines) is 1. The summed E-state index contributed by atoms with van der Waals surface area (Å²) in [5.74, 6) is -3.19. The van der Waals surface area contributed by atoms with Gasteiger partial charge in [0.05, 0.1) is 18.5 Å². The van der Waals surface area contributed by atoms with Crippen LogP contribution in [0.5, 0.6) is 0 Å². The maximum atomic E-state index is 14.7. The topological polar surface area (TPSA) is 88.8 Å². The molecule has 0 aliphatic carbocycles. The molecule has 1 aliphatic rings. The standard InChI is InChI=1S/C28H26F3N5O3/c1-3-39-28(38)20-15-33-36-25(20)32-14-19(26(36)34-24-12-16(2)4-6-22(24)30)27(37)35-10-8-17(9-11-35)18-5-7-21(29)23(31)13-18/h4-7,12-15,17,34H,3,8-11H2,1-2H3. The van der Waals surface area contributed by atoms with Crippen LogP contribution in [-0.2, 0) is 4.74 Å². The van der Waals surface area contributed by atoms with Crippen molar-refractivity contribution in [2.45, 2.75) is 32.6 Å². The van der Waals surface area contributed by atoms with Gasteiger partial charge in [0, 0.05) is 19.3 Å². The van der Waals surface area contributed by atoms with Gasteiger partial charge in [0.2, 0.25) is 0 Å². The minimum atomic E-state index is -0.899. The molecule has 5 rings (SSSR count). The molecular weight excluding hydrogens is 511 g/mol. The van der Waals surface area contributed by atoms with E-state index < -0.39 is 23.4 Å². The largest absolute Gasteiger partial charge is 0.462 e. The first-order valence-electron chi connectivity index (χ1n) is 12.6. The van der Waals surface area contributed by atoms with Crippen LogP contribution in [0.3, 0.4) is 0 Å². The van der Waals surface area contributed by atoms with E-state index in [2.05, 4.69) is 15.4 Å². The van der Waals surface area contributed by atoms with E-state index in [9.17, 15) is 22.8 Å². The summed E-state index contributed by atoms with van der Waals surface area (Å²) in [5, 5.41) is 7.24. The molecule has 1 amide bonds. The molecule has 0 saturated carbocycles. The van der Waals surface area contributed by atoms with Crippen LogP contribution < -0.4 is 5.32 Å². The monoisotopic (exact) mass is 537 g/mol. The smallest absolute Gasteiger partial charge is 0.343 e. The van der Waals surface area contributed by atoms with Crippen LogP contribution in [0.1, 0.15) is 57.5 Å². The van der Waals surface area contributed by atoms with Gasteiger partial charge in [0.15, 0.2) is 17.3 Å². The van der Waals surface area contributed by atoms with E-state index in [-0.39, 0.29) is 46.7 Å². The molecule has 2 aromatic heterocycles. The number of piperidine rings is 1. The van der Waals surface area contributed by atoms with E-state index in [0.29, 0.717) is 31.5 Å². The van der Waals surface area contributed by atoms with E-state index in [0.717, 1.165) is 11.6 Å². The van der Waals surface area contributed by atoms with E-state index in [1.165, 1.54) is 29.0 Å². The number of benzene rings is 2. The number of hydrogen-bond donors (Lipinski definition) is 1. The van der Waals surface area contributed by atoms with Crippen molar-refractivity contribution in [1.29, 1.82) is 0 Å². The Bertz CT molecular complexity index is 1560. The van der Waals surface area contributed by atoms with Crippen LogP contribution in [0.2, 0.25) is 0 Å². The Hall–Kier alpha value is -4.41. The number of esters is 1. The third-order valence-electron chi connectivity index (χ3n) is 6.82. The molecule has 1 saturated heterocycles. The molecule has 202 valence electrons. The fourth-order valence-corrected chi connectivity index (χ4v) is 4.78. The zero-order valence-electron chi connectivity index (χ0n) is 21.4. The molecule has 0 radical (unpaired) electrons. The molecule has 2 aromatic carbocycles. The number of carbonyl (C=O) groups excluding carboxylic acids is 2. The summed E-state index contributed by atoms with van der Waals surface area (Å²) >= 11 is 0. The third kappa shape index (κ3) is 5.16. The summed E-state index contributed by atoms with van der Waals surface area (Å²) in [6.07, 6.45) is 3.73. The Labute approximate surface area is 222 Å². The molecule has 4 aromatic rings. The van der Waals surface area contributed by atoms with Crippen molar-refractivity contribution in [1.82, 2.24) is 19.5 Å². The Morgan fingerprint density at radius 1 is 1.00 bits per heavy atom. The Balaban J connectivity index is 1.47. The number of nitrogens with one attached hydrogen (secondary N) is 1. The molecule has 0 atom stereocenters. The van der Waals surface area contributed by atoms with Gasteiger partial charge in [-0.2, -0.15) is 9.61 Å². The van der Waals surface area contributed by atoms with Gasteiger partial charge in [-0.3, -0.25) is 4.79 Å². The SMILES string of the molecule is CCOC(=O)c1cnn2c(Nc3cc(C)ccc3F)c(C(=O)N3CCC(c4ccc(F)c(F)c4)CC3)cnc12. The van der Waals surface area contributed by atoms with Crippen LogP contribution in [0.4, 0.5) is 24.7 Å². The average molecular weight is 538 g/mol. The van der Waals surface area contributed by atoms with Crippen molar-refractivity contribution in [3.8, 4) is 0 Å². The second-order valence-corrected chi connectivity index (χ2v) is 9.38. The summed E-state index contributed by atoms with van der Waals surface area (Å²) in [5.41, 5.74) is 2.00. The highest BCUT2D eigenvalue weighted by atomic mass is 19.2. The number of anilines is 2. The number of ether oxygens (including phenoxy) is 1. The van der Waals surface area contributed by atoms with Crippen molar-refractivity contribution in [3.63, 3.8) is 0 Å². The van der Waals surface area contributed by atoms with Crippen molar-refractivity contribution in [2.24, 2.45) is 0 Å². The molecule has 1 N–H and O–H groups in total. The summed E-state index contributed by atoms with van der Waals surface area (Å²) in [6, 6.07) is 8.41.